The van der Waals surface area contributed by atoms with E-state index in [2.05, 4.69) is 23.8 Å². The van der Waals surface area contributed by atoms with Crippen LogP contribution in [0.25, 0.3) is 0 Å². The van der Waals surface area contributed by atoms with E-state index in [-0.39, 0.29) is 10.6 Å². The minimum absolute atomic E-state index is 0.248. The fraction of sp³-hybridized carbons (Fsp3) is 0.714. The molecule has 1 unspecified atom stereocenters. The van der Waals surface area contributed by atoms with Gasteiger partial charge in [-0.15, -0.1) is 0 Å². The van der Waals surface area contributed by atoms with Crippen molar-refractivity contribution >= 4 is 16.6 Å². The topological polar surface area (TPSA) is 46.1 Å². The predicted octanol–water partition coefficient (Wildman–Crippen LogP) is 2.31. The lowest BCUT2D eigenvalue weighted by molar-refractivity contribution is 0.486. The normalized spacial score (nSPS) is 22.0. The monoisotopic (exact) mass is 299 g/mol. The van der Waals surface area contributed by atoms with Crippen LogP contribution in [-0.4, -0.2) is 37.8 Å². The van der Waals surface area contributed by atoms with E-state index in [1.165, 1.54) is 6.33 Å². The maximum Gasteiger partial charge on any atom is 0.187 e. The van der Waals surface area contributed by atoms with Gasteiger partial charge in [0.05, 0.1) is 10.4 Å². The molecule has 20 heavy (non-hydrogen) atoms. The first-order chi connectivity index (χ1) is 9.57. The number of hydrogen-bond donors (Lipinski definition) is 0. The summed E-state index contributed by atoms with van der Waals surface area (Å²) in [6, 6.07) is 0. The molecule has 0 saturated carbocycles. The van der Waals surface area contributed by atoms with Crippen molar-refractivity contribution in [3.8, 4) is 0 Å². The van der Waals surface area contributed by atoms with Gasteiger partial charge < -0.3 is 4.90 Å². The van der Waals surface area contributed by atoms with Gasteiger partial charge in [-0.3, -0.25) is 4.21 Å². The van der Waals surface area contributed by atoms with Gasteiger partial charge in [0.2, 0.25) is 0 Å². The van der Waals surface area contributed by atoms with E-state index >= 15 is 0 Å². The molecular weight excluding hydrogens is 277 g/mol. The Balaban J connectivity index is 2.33. The number of halogens is 1. The highest BCUT2D eigenvalue weighted by Gasteiger charge is 2.40. The van der Waals surface area contributed by atoms with E-state index in [1.807, 2.05) is 11.8 Å². The second kappa shape index (κ2) is 6.16. The molecule has 1 aliphatic heterocycles. The Bertz CT molecular complexity index is 505. The number of nitrogens with zero attached hydrogens (tertiary/aromatic N) is 3. The van der Waals surface area contributed by atoms with Crippen molar-refractivity contribution in [3.63, 3.8) is 0 Å². The summed E-state index contributed by atoms with van der Waals surface area (Å²) in [4.78, 5) is 10.0. The third-order valence-corrected chi connectivity index (χ3v) is 6.50. The van der Waals surface area contributed by atoms with Crippen LogP contribution < -0.4 is 4.90 Å². The second-order valence-corrected chi connectivity index (χ2v) is 7.14. The zero-order valence-electron chi connectivity index (χ0n) is 12.4. The summed E-state index contributed by atoms with van der Waals surface area (Å²) in [5.41, 5.74) is 0.445. The van der Waals surface area contributed by atoms with Crippen LogP contribution in [-0.2, 0) is 17.2 Å². The minimum Gasteiger partial charge on any atom is -0.352 e. The molecule has 2 heterocycles. The molecule has 1 fully saturated rings. The van der Waals surface area contributed by atoms with E-state index in [4.69, 9.17) is 0 Å². The molecule has 0 radical (unpaired) electrons. The number of aryl methyl sites for hydroxylation is 1. The lowest BCUT2D eigenvalue weighted by atomic mass is 10.0. The Kier molecular flexibility index (Phi) is 4.73. The Labute approximate surface area is 122 Å². The second-order valence-electron chi connectivity index (χ2n) is 5.17. The highest BCUT2D eigenvalue weighted by atomic mass is 32.2. The SMILES string of the molecule is CCc1ncnc(N2CCS(=O)C(CC)(CC)C2)c1F. The largest absolute Gasteiger partial charge is 0.352 e. The standard InChI is InChI=1S/C14H22FN3OS/c1-4-11-12(15)13(17-10-16-11)18-7-8-20(19)14(5-2,6-3)9-18/h10H,4-9H2,1-3H3. The molecule has 0 N–H and O–H groups in total. The van der Waals surface area contributed by atoms with Crippen LogP contribution in [0.15, 0.2) is 6.33 Å². The Hall–Kier alpha value is -1.04. The van der Waals surface area contributed by atoms with Crippen molar-refractivity contribution in [3.05, 3.63) is 17.8 Å². The molecule has 6 heteroatoms. The molecule has 1 aromatic rings. The van der Waals surface area contributed by atoms with Crippen LogP contribution in [0.3, 0.4) is 0 Å². The Morgan fingerprint density at radius 2 is 2.05 bits per heavy atom. The van der Waals surface area contributed by atoms with E-state index in [1.54, 1.807) is 0 Å². The summed E-state index contributed by atoms with van der Waals surface area (Å²) in [6.45, 7) is 7.18. The first-order valence-corrected chi connectivity index (χ1v) is 8.52. The quantitative estimate of drug-likeness (QED) is 0.856. The zero-order chi connectivity index (χ0) is 14.8. The van der Waals surface area contributed by atoms with Crippen molar-refractivity contribution in [1.82, 2.24) is 9.97 Å². The van der Waals surface area contributed by atoms with Crippen molar-refractivity contribution in [1.29, 1.82) is 0 Å². The van der Waals surface area contributed by atoms with Crippen LogP contribution in [0.1, 0.15) is 39.3 Å². The summed E-state index contributed by atoms with van der Waals surface area (Å²) in [7, 11) is -0.852. The van der Waals surface area contributed by atoms with Crippen LogP contribution in [0, 0.1) is 5.82 Å². The number of anilines is 1. The number of rotatable bonds is 4. The Morgan fingerprint density at radius 1 is 1.35 bits per heavy atom. The lowest BCUT2D eigenvalue weighted by Crippen LogP contribution is -2.53. The van der Waals surface area contributed by atoms with Gasteiger partial charge in [-0.25, -0.2) is 14.4 Å². The van der Waals surface area contributed by atoms with E-state index in [0.29, 0.717) is 36.8 Å². The fourth-order valence-electron chi connectivity index (χ4n) is 2.75. The highest BCUT2D eigenvalue weighted by Crippen LogP contribution is 2.31. The van der Waals surface area contributed by atoms with Gasteiger partial charge in [0.1, 0.15) is 6.33 Å². The van der Waals surface area contributed by atoms with Gasteiger partial charge in [-0.05, 0) is 19.3 Å². The molecule has 0 bridgehead atoms. The zero-order valence-corrected chi connectivity index (χ0v) is 13.2. The average Bonchev–Trinajstić information content (AvgIpc) is 2.48. The highest BCUT2D eigenvalue weighted by molar-refractivity contribution is 7.86. The molecule has 1 aliphatic rings. The molecule has 2 rings (SSSR count). The van der Waals surface area contributed by atoms with E-state index < -0.39 is 10.8 Å². The van der Waals surface area contributed by atoms with Gasteiger partial charge in [0.25, 0.3) is 0 Å². The molecule has 1 atom stereocenters. The minimum atomic E-state index is -0.852. The smallest absolute Gasteiger partial charge is 0.187 e. The third kappa shape index (κ3) is 2.57. The molecule has 0 spiro atoms. The van der Waals surface area contributed by atoms with Gasteiger partial charge >= 0.3 is 0 Å². The maximum absolute atomic E-state index is 14.4. The van der Waals surface area contributed by atoms with Crippen LogP contribution in [0.2, 0.25) is 0 Å². The maximum atomic E-state index is 14.4. The van der Waals surface area contributed by atoms with Crippen LogP contribution in [0.5, 0.6) is 0 Å². The van der Waals surface area contributed by atoms with Crippen molar-refractivity contribution in [2.24, 2.45) is 0 Å². The molecule has 1 aromatic heterocycles. The molecule has 0 aliphatic carbocycles. The van der Waals surface area contributed by atoms with Gasteiger partial charge in [0, 0.05) is 29.6 Å². The first-order valence-electron chi connectivity index (χ1n) is 7.20. The summed E-state index contributed by atoms with van der Waals surface area (Å²) in [6.07, 6.45) is 3.64. The average molecular weight is 299 g/mol. The molecular formula is C14H22FN3OS. The van der Waals surface area contributed by atoms with Crippen molar-refractivity contribution in [2.45, 2.75) is 44.8 Å². The molecule has 112 valence electrons. The predicted molar refractivity (Wildman–Crippen MR) is 79.9 cm³/mol. The van der Waals surface area contributed by atoms with Gasteiger partial charge in [0.15, 0.2) is 11.6 Å². The third-order valence-electron chi connectivity index (χ3n) is 4.27. The molecule has 0 aromatic carbocycles. The molecule has 4 nitrogen and oxygen atoms in total. The van der Waals surface area contributed by atoms with Gasteiger partial charge in [-0.2, -0.15) is 0 Å². The fourth-order valence-corrected chi connectivity index (χ4v) is 4.51. The number of hydrogen-bond acceptors (Lipinski definition) is 4. The molecule has 0 amide bonds. The van der Waals surface area contributed by atoms with Crippen LogP contribution >= 0.6 is 0 Å². The molecule has 1 saturated heterocycles. The van der Waals surface area contributed by atoms with Crippen molar-refractivity contribution in [2.75, 3.05) is 23.7 Å². The number of aromatic nitrogens is 2. The van der Waals surface area contributed by atoms with E-state index in [0.717, 1.165) is 12.8 Å². The summed E-state index contributed by atoms with van der Waals surface area (Å²) in [5, 5.41) is 0. The summed E-state index contributed by atoms with van der Waals surface area (Å²) < 4.78 is 26.4. The summed E-state index contributed by atoms with van der Waals surface area (Å²) >= 11 is 0. The lowest BCUT2D eigenvalue weighted by Gasteiger charge is -2.41. The van der Waals surface area contributed by atoms with Crippen LogP contribution in [0.4, 0.5) is 10.2 Å². The Morgan fingerprint density at radius 3 is 2.65 bits per heavy atom. The summed E-state index contributed by atoms with van der Waals surface area (Å²) in [5.74, 6) is 0.607. The van der Waals surface area contributed by atoms with E-state index in [9.17, 15) is 8.60 Å². The first kappa shape index (κ1) is 15.4. The van der Waals surface area contributed by atoms with Crippen molar-refractivity contribution < 1.29 is 8.60 Å². The van der Waals surface area contributed by atoms with Gasteiger partial charge in [-0.1, -0.05) is 20.8 Å².